The molecule has 1 heterocycles. The lowest BCUT2D eigenvalue weighted by molar-refractivity contribution is -0.132. The smallest absolute Gasteiger partial charge is 0.265 e. The molecule has 1 aromatic rings. The highest BCUT2D eigenvalue weighted by atomic mass is 16.6. The number of hydrogen-bond acceptors (Lipinski definition) is 5. The van der Waals surface area contributed by atoms with Gasteiger partial charge in [-0.05, 0) is 17.4 Å². The summed E-state index contributed by atoms with van der Waals surface area (Å²) >= 11 is 0. The molecule has 0 aliphatic rings. The molecule has 0 aliphatic carbocycles. The molecule has 7 nitrogen and oxygen atoms in total. The maximum Gasteiger partial charge on any atom is 0.265 e. The van der Waals surface area contributed by atoms with Crippen LogP contribution in [-0.4, -0.2) is 33.2 Å². The molecule has 1 aromatic heterocycles. The second-order valence-corrected chi connectivity index (χ2v) is 2.11. The second kappa shape index (κ2) is 3.77. The van der Waals surface area contributed by atoms with Gasteiger partial charge < -0.3 is 0 Å². The van der Waals surface area contributed by atoms with Crippen LogP contribution in [0.2, 0.25) is 0 Å². The summed E-state index contributed by atoms with van der Waals surface area (Å²) in [6.07, 6.45) is 0. The van der Waals surface area contributed by atoms with E-state index in [4.69, 9.17) is 0 Å². The van der Waals surface area contributed by atoms with Gasteiger partial charge in [-0.3, -0.25) is 9.63 Å². The lowest BCUT2D eigenvalue weighted by Gasteiger charge is -2.01. The van der Waals surface area contributed by atoms with E-state index < -0.39 is 0 Å². The summed E-state index contributed by atoms with van der Waals surface area (Å²) in [5, 5.41) is 10.6. The summed E-state index contributed by atoms with van der Waals surface area (Å²) in [5.74, 6) is 0.286. The zero-order valence-corrected chi connectivity index (χ0v) is 6.81. The van der Waals surface area contributed by atoms with Crippen molar-refractivity contribution in [2.45, 2.75) is 13.5 Å². The standard InChI is InChI=1S/C5H9N5O2/c1-4-6-8-9-10(4)3-5(11)7-12-2/h3H2,1-2H3,(H,7,11). The van der Waals surface area contributed by atoms with Crippen molar-refractivity contribution < 1.29 is 9.63 Å². The average molecular weight is 171 g/mol. The molecule has 1 rings (SSSR count). The van der Waals surface area contributed by atoms with Crippen molar-refractivity contribution >= 4 is 5.91 Å². The Bertz CT molecular complexity index is 271. The number of nitrogens with one attached hydrogen (secondary N) is 1. The van der Waals surface area contributed by atoms with E-state index in [1.54, 1.807) is 6.92 Å². The van der Waals surface area contributed by atoms with Gasteiger partial charge in [0.25, 0.3) is 5.91 Å². The monoisotopic (exact) mass is 171 g/mol. The topological polar surface area (TPSA) is 81.9 Å². The summed E-state index contributed by atoms with van der Waals surface area (Å²) in [6, 6.07) is 0. The molecule has 0 unspecified atom stereocenters. The van der Waals surface area contributed by atoms with E-state index >= 15 is 0 Å². The van der Waals surface area contributed by atoms with Gasteiger partial charge in [0.1, 0.15) is 12.4 Å². The van der Waals surface area contributed by atoms with Gasteiger partial charge >= 0.3 is 0 Å². The van der Waals surface area contributed by atoms with Crippen molar-refractivity contribution in [3.63, 3.8) is 0 Å². The van der Waals surface area contributed by atoms with E-state index in [9.17, 15) is 4.79 Å². The second-order valence-electron chi connectivity index (χ2n) is 2.11. The molecule has 7 heteroatoms. The van der Waals surface area contributed by atoms with Crippen LogP contribution in [0.1, 0.15) is 5.82 Å². The van der Waals surface area contributed by atoms with Crippen molar-refractivity contribution in [1.82, 2.24) is 25.7 Å². The number of aromatic nitrogens is 4. The zero-order chi connectivity index (χ0) is 8.97. The van der Waals surface area contributed by atoms with Crippen LogP contribution in [-0.2, 0) is 16.2 Å². The SMILES string of the molecule is CONC(=O)Cn1nnnc1C. The van der Waals surface area contributed by atoms with Crippen LogP contribution in [0, 0.1) is 6.92 Å². The Labute approximate surface area is 68.7 Å². The van der Waals surface area contributed by atoms with Crippen LogP contribution in [0.5, 0.6) is 0 Å². The maximum atomic E-state index is 10.9. The third-order valence-electron chi connectivity index (χ3n) is 1.22. The fourth-order valence-corrected chi connectivity index (χ4v) is 0.678. The van der Waals surface area contributed by atoms with Gasteiger partial charge in [0.2, 0.25) is 0 Å². The van der Waals surface area contributed by atoms with Gasteiger partial charge in [-0.2, -0.15) is 0 Å². The first kappa shape index (κ1) is 8.60. The van der Waals surface area contributed by atoms with Gasteiger partial charge in [-0.25, -0.2) is 10.2 Å². The van der Waals surface area contributed by atoms with E-state index in [1.807, 2.05) is 0 Å². The minimum absolute atomic E-state index is 0.0622. The zero-order valence-electron chi connectivity index (χ0n) is 6.81. The molecule has 0 fully saturated rings. The highest BCUT2D eigenvalue weighted by Gasteiger charge is 2.05. The Kier molecular flexibility index (Phi) is 2.70. The fraction of sp³-hybridized carbons (Fsp3) is 0.600. The van der Waals surface area contributed by atoms with Crippen LogP contribution in [0.15, 0.2) is 0 Å². The van der Waals surface area contributed by atoms with Crippen LogP contribution < -0.4 is 5.48 Å². The number of carbonyl (C=O) groups excluding carboxylic acids is 1. The van der Waals surface area contributed by atoms with E-state index in [2.05, 4.69) is 25.8 Å². The summed E-state index contributed by atoms with van der Waals surface area (Å²) < 4.78 is 1.37. The molecule has 0 saturated heterocycles. The highest BCUT2D eigenvalue weighted by Crippen LogP contribution is 1.87. The van der Waals surface area contributed by atoms with Crippen molar-refractivity contribution in [2.75, 3.05) is 7.11 Å². The molecule has 0 radical (unpaired) electrons. The van der Waals surface area contributed by atoms with Gasteiger partial charge in [0.15, 0.2) is 0 Å². The average Bonchev–Trinajstić information content (AvgIpc) is 2.37. The predicted octanol–water partition coefficient (Wildman–Crippen LogP) is -1.34. The molecule has 1 amide bonds. The Morgan fingerprint density at radius 3 is 3.00 bits per heavy atom. The number of carbonyl (C=O) groups is 1. The molecular formula is C5H9N5O2. The number of hydroxylamine groups is 1. The first-order chi connectivity index (χ1) is 5.74. The third kappa shape index (κ3) is 1.99. The van der Waals surface area contributed by atoms with Gasteiger partial charge in [-0.15, -0.1) is 5.10 Å². The molecule has 0 spiro atoms. The van der Waals surface area contributed by atoms with Crippen molar-refractivity contribution in [3.05, 3.63) is 5.82 Å². The molecular weight excluding hydrogens is 162 g/mol. The molecule has 1 N–H and O–H groups in total. The van der Waals surface area contributed by atoms with Crippen LogP contribution in [0.4, 0.5) is 0 Å². The summed E-state index contributed by atoms with van der Waals surface area (Å²) in [5.41, 5.74) is 2.16. The number of amides is 1. The lowest BCUT2D eigenvalue weighted by Crippen LogP contribution is -2.27. The molecule has 0 bridgehead atoms. The lowest BCUT2D eigenvalue weighted by atomic mass is 10.6. The number of tetrazole rings is 1. The Balaban J connectivity index is 2.52. The van der Waals surface area contributed by atoms with E-state index in [0.29, 0.717) is 5.82 Å². The normalized spacial score (nSPS) is 9.83. The quantitative estimate of drug-likeness (QED) is 0.569. The van der Waals surface area contributed by atoms with Crippen LogP contribution in [0.3, 0.4) is 0 Å². The first-order valence-corrected chi connectivity index (χ1v) is 3.28. The molecule has 0 aliphatic heterocycles. The number of rotatable bonds is 3. The van der Waals surface area contributed by atoms with Crippen molar-refractivity contribution in [1.29, 1.82) is 0 Å². The number of hydrogen-bond donors (Lipinski definition) is 1. The first-order valence-electron chi connectivity index (χ1n) is 3.28. The summed E-state index contributed by atoms with van der Waals surface area (Å²) in [6.45, 7) is 1.77. The van der Waals surface area contributed by atoms with Crippen LogP contribution >= 0.6 is 0 Å². The van der Waals surface area contributed by atoms with E-state index in [-0.39, 0.29) is 12.5 Å². The summed E-state index contributed by atoms with van der Waals surface area (Å²) in [4.78, 5) is 15.3. The van der Waals surface area contributed by atoms with Gasteiger partial charge in [-0.1, -0.05) is 0 Å². The van der Waals surface area contributed by atoms with Crippen molar-refractivity contribution in [2.24, 2.45) is 0 Å². The molecule has 0 saturated carbocycles. The minimum atomic E-state index is -0.298. The fourth-order valence-electron chi connectivity index (χ4n) is 0.678. The Hall–Kier alpha value is -1.50. The van der Waals surface area contributed by atoms with Crippen molar-refractivity contribution in [3.8, 4) is 0 Å². The Morgan fingerprint density at radius 2 is 2.50 bits per heavy atom. The molecule has 0 aromatic carbocycles. The highest BCUT2D eigenvalue weighted by molar-refractivity contribution is 5.74. The Morgan fingerprint density at radius 1 is 1.75 bits per heavy atom. The molecule has 0 atom stereocenters. The maximum absolute atomic E-state index is 10.9. The molecule has 12 heavy (non-hydrogen) atoms. The van der Waals surface area contributed by atoms with Gasteiger partial charge in [0, 0.05) is 0 Å². The third-order valence-corrected chi connectivity index (χ3v) is 1.22. The van der Waals surface area contributed by atoms with Gasteiger partial charge in [0.05, 0.1) is 7.11 Å². The van der Waals surface area contributed by atoms with Crippen LogP contribution in [0.25, 0.3) is 0 Å². The minimum Gasteiger partial charge on any atom is -0.277 e. The summed E-state index contributed by atoms with van der Waals surface area (Å²) in [7, 11) is 1.37. The number of nitrogens with zero attached hydrogens (tertiary/aromatic N) is 4. The van der Waals surface area contributed by atoms with E-state index in [0.717, 1.165) is 0 Å². The largest absolute Gasteiger partial charge is 0.277 e. The number of aryl methyl sites for hydroxylation is 1. The van der Waals surface area contributed by atoms with E-state index in [1.165, 1.54) is 11.8 Å². The molecule has 66 valence electrons. The predicted molar refractivity (Wildman–Crippen MR) is 37.7 cm³/mol.